The molecule has 0 spiro atoms. The monoisotopic (exact) mass is 431 g/mol. The van der Waals surface area contributed by atoms with Crippen molar-refractivity contribution >= 4 is 27.7 Å². The first-order chi connectivity index (χ1) is 12.9. The summed E-state index contributed by atoms with van der Waals surface area (Å²) in [6.45, 7) is 2.18. The van der Waals surface area contributed by atoms with E-state index in [2.05, 4.69) is 26.3 Å². The number of halogens is 1. The van der Waals surface area contributed by atoms with Gasteiger partial charge in [-0.3, -0.25) is 4.79 Å². The molecule has 140 valence electrons. The van der Waals surface area contributed by atoms with Gasteiger partial charge in [-0.05, 0) is 57.6 Å². The van der Waals surface area contributed by atoms with Gasteiger partial charge in [0.15, 0.2) is 0 Å². The Morgan fingerprint density at radius 1 is 1.30 bits per heavy atom. The molecule has 0 saturated carbocycles. The molecule has 0 bridgehead atoms. The first kappa shape index (κ1) is 18.8. The summed E-state index contributed by atoms with van der Waals surface area (Å²) in [7, 11) is 0. The van der Waals surface area contributed by atoms with Gasteiger partial charge in [-0.25, -0.2) is 0 Å². The summed E-state index contributed by atoms with van der Waals surface area (Å²) in [4.78, 5) is 22.4. The molecule has 0 aliphatic heterocycles. The number of carbonyl (C=O) groups excluding carboxylic acids is 1. The molecular formula is C18H18BrN5O3. The van der Waals surface area contributed by atoms with E-state index < -0.39 is 4.92 Å². The van der Waals surface area contributed by atoms with Crippen LogP contribution in [0.4, 0.5) is 5.82 Å². The Bertz CT molecular complexity index is 935. The molecule has 2 aromatic heterocycles. The Morgan fingerprint density at radius 2 is 1.96 bits per heavy atom. The minimum absolute atomic E-state index is 0.144. The van der Waals surface area contributed by atoms with Gasteiger partial charge in [-0.15, -0.1) is 0 Å². The van der Waals surface area contributed by atoms with E-state index in [0.717, 1.165) is 11.3 Å². The molecule has 2 heterocycles. The quantitative estimate of drug-likeness (QED) is 0.456. The summed E-state index contributed by atoms with van der Waals surface area (Å²) in [5.74, 6) is -0.405. The molecular weight excluding hydrogens is 414 g/mol. The molecule has 1 unspecified atom stereocenters. The molecule has 0 radical (unpaired) electrons. The van der Waals surface area contributed by atoms with E-state index in [1.165, 1.54) is 10.9 Å². The van der Waals surface area contributed by atoms with Crippen LogP contribution in [0.1, 0.15) is 24.9 Å². The van der Waals surface area contributed by atoms with Gasteiger partial charge < -0.3 is 20.0 Å². The zero-order valence-electron chi connectivity index (χ0n) is 14.6. The number of nitrogens with zero attached hydrogens (tertiary/aromatic N) is 4. The second-order valence-corrected chi connectivity index (χ2v) is 6.90. The largest absolute Gasteiger partial charge is 0.404 e. The lowest BCUT2D eigenvalue weighted by Gasteiger charge is -2.15. The molecule has 0 aliphatic rings. The van der Waals surface area contributed by atoms with Crippen molar-refractivity contribution in [2.45, 2.75) is 25.9 Å². The summed E-state index contributed by atoms with van der Waals surface area (Å²) in [5.41, 5.74) is 2.05. The Labute approximate surface area is 164 Å². The highest BCUT2D eigenvalue weighted by atomic mass is 79.9. The number of nitro groups is 1. The van der Waals surface area contributed by atoms with Crippen LogP contribution < -0.4 is 5.32 Å². The lowest BCUT2D eigenvalue weighted by atomic mass is 10.1. The average Bonchev–Trinajstić information content (AvgIpc) is 3.30. The van der Waals surface area contributed by atoms with E-state index >= 15 is 0 Å². The van der Waals surface area contributed by atoms with E-state index in [1.54, 1.807) is 0 Å². The predicted molar refractivity (Wildman–Crippen MR) is 104 cm³/mol. The van der Waals surface area contributed by atoms with Gasteiger partial charge in [0, 0.05) is 24.5 Å². The van der Waals surface area contributed by atoms with Crippen LogP contribution >= 0.6 is 15.9 Å². The van der Waals surface area contributed by atoms with Crippen LogP contribution in [0.25, 0.3) is 5.69 Å². The number of hydrogen-bond donors (Lipinski definition) is 1. The maximum absolute atomic E-state index is 12.2. The summed E-state index contributed by atoms with van der Waals surface area (Å²) >= 11 is 3.09. The van der Waals surface area contributed by atoms with Gasteiger partial charge in [0.1, 0.15) is 4.47 Å². The summed E-state index contributed by atoms with van der Waals surface area (Å²) in [6.07, 6.45) is 5.61. The molecule has 0 fully saturated rings. The lowest BCUT2D eigenvalue weighted by Crippen LogP contribution is -2.27. The molecule has 9 heteroatoms. The van der Waals surface area contributed by atoms with Crippen molar-refractivity contribution in [1.29, 1.82) is 0 Å². The van der Waals surface area contributed by atoms with E-state index in [-0.39, 0.29) is 30.7 Å². The second-order valence-electron chi connectivity index (χ2n) is 6.04. The Morgan fingerprint density at radius 3 is 2.56 bits per heavy atom. The molecule has 0 saturated heterocycles. The van der Waals surface area contributed by atoms with Gasteiger partial charge in [0.05, 0.1) is 23.9 Å². The highest BCUT2D eigenvalue weighted by Crippen LogP contribution is 2.22. The summed E-state index contributed by atoms with van der Waals surface area (Å²) in [6, 6.07) is 11.7. The van der Waals surface area contributed by atoms with Crippen LogP contribution in [0.3, 0.4) is 0 Å². The third kappa shape index (κ3) is 4.62. The number of amides is 1. The number of hydrogen-bond acceptors (Lipinski definition) is 4. The van der Waals surface area contributed by atoms with E-state index in [1.807, 2.05) is 60.3 Å². The number of aromatic nitrogens is 3. The third-order valence-corrected chi connectivity index (χ3v) is 4.67. The fourth-order valence-electron chi connectivity index (χ4n) is 2.68. The molecule has 8 nitrogen and oxygen atoms in total. The van der Waals surface area contributed by atoms with Gasteiger partial charge in [-0.1, -0.05) is 12.1 Å². The molecule has 3 aromatic rings. The average molecular weight is 432 g/mol. The van der Waals surface area contributed by atoms with Crippen LogP contribution in [0.5, 0.6) is 0 Å². The molecule has 1 amide bonds. The van der Waals surface area contributed by atoms with Crippen molar-refractivity contribution in [3.05, 3.63) is 75.1 Å². The fraction of sp³-hybridized carbons (Fsp3) is 0.222. The maximum atomic E-state index is 12.2. The Hall–Kier alpha value is -2.94. The zero-order chi connectivity index (χ0) is 19.4. The number of aryl methyl sites for hydroxylation is 1. The molecule has 1 atom stereocenters. The molecule has 27 heavy (non-hydrogen) atoms. The van der Waals surface area contributed by atoms with Gasteiger partial charge >= 0.3 is 5.82 Å². The SMILES string of the molecule is CC(NC(=O)CCn1cc(Br)c([N+](=O)[O-])n1)c1ccc(-n2cccc2)cc1. The Balaban J connectivity index is 1.54. The number of benzene rings is 1. The Kier molecular flexibility index (Phi) is 5.70. The minimum atomic E-state index is -0.569. The first-order valence-corrected chi connectivity index (χ1v) is 9.13. The van der Waals surface area contributed by atoms with Crippen LogP contribution in [-0.4, -0.2) is 25.2 Å². The molecule has 3 rings (SSSR count). The highest BCUT2D eigenvalue weighted by molar-refractivity contribution is 9.10. The van der Waals surface area contributed by atoms with Crippen molar-refractivity contribution in [2.24, 2.45) is 0 Å². The minimum Gasteiger partial charge on any atom is -0.358 e. The fourth-order valence-corrected chi connectivity index (χ4v) is 3.14. The van der Waals surface area contributed by atoms with Gasteiger partial charge in [0.25, 0.3) is 0 Å². The maximum Gasteiger partial charge on any atom is 0.404 e. The zero-order valence-corrected chi connectivity index (χ0v) is 16.2. The van der Waals surface area contributed by atoms with Crippen molar-refractivity contribution in [2.75, 3.05) is 0 Å². The molecule has 1 N–H and O–H groups in total. The smallest absolute Gasteiger partial charge is 0.358 e. The normalized spacial score (nSPS) is 11.9. The van der Waals surface area contributed by atoms with Crippen molar-refractivity contribution < 1.29 is 9.72 Å². The van der Waals surface area contributed by atoms with E-state index in [4.69, 9.17) is 0 Å². The van der Waals surface area contributed by atoms with Crippen LogP contribution in [0, 0.1) is 10.1 Å². The predicted octanol–water partition coefficient (Wildman–Crippen LogP) is 3.61. The van der Waals surface area contributed by atoms with E-state index in [0.29, 0.717) is 4.47 Å². The van der Waals surface area contributed by atoms with E-state index in [9.17, 15) is 14.9 Å². The van der Waals surface area contributed by atoms with Crippen LogP contribution in [-0.2, 0) is 11.3 Å². The van der Waals surface area contributed by atoms with Crippen LogP contribution in [0.2, 0.25) is 0 Å². The summed E-state index contributed by atoms with van der Waals surface area (Å²) in [5, 5.41) is 17.6. The standard InChI is InChI=1S/C18H18BrN5O3/c1-13(14-4-6-15(7-5-14)22-9-2-3-10-22)20-17(25)8-11-23-12-16(19)18(21-23)24(26)27/h2-7,9-10,12-13H,8,11H2,1H3,(H,20,25). The van der Waals surface area contributed by atoms with Gasteiger partial charge in [-0.2, -0.15) is 4.68 Å². The van der Waals surface area contributed by atoms with Crippen molar-refractivity contribution in [1.82, 2.24) is 19.7 Å². The van der Waals surface area contributed by atoms with Gasteiger partial charge in [0.2, 0.25) is 5.91 Å². The van der Waals surface area contributed by atoms with Crippen molar-refractivity contribution in [3.8, 4) is 5.69 Å². The second kappa shape index (κ2) is 8.17. The first-order valence-electron chi connectivity index (χ1n) is 8.34. The topological polar surface area (TPSA) is 95.0 Å². The lowest BCUT2D eigenvalue weighted by molar-refractivity contribution is -0.390. The third-order valence-electron chi connectivity index (χ3n) is 4.11. The summed E-state index contributed by atoms with van der Waals surface area (Å²) < 4.78 is 3.69. The highest BCUT2D eigenvalue weighted by Gasteiger charge is 2.19. The van der Waals surface area contributed by atoms with Crippen LogP contribution in [0.15, 0.2) is 59.5 Å². The molecule has 1 aromatic carbocycles. The number of nitrogens with one attached hydrogen (secondary N) is 1. The number of carbonyl (C=O) groups is 1. The molecule has 0 aliphatic carbocycles. The number of rotatable bonds is 7. The van der Waals surface area contributed by atoms with Crippen molar-refractivity contribution in [3.63, 3.8) is 0 Å².